The van der Waals surface area contributed by atoms with Crippen molar-refractivity contribution in [1.82, 2.24) is 0 Å². The molecule has 13 heavy (non-hydrogen) atoms. The zero-order chi connectivity index (χ0) is 9.84. The molecule has 0 amide bonds. The highest BCUT2D eigenvalue weighted by molar-refractivity contribution is 9.10. The highest BCUT2D eigenvalue weighted by Gasteiger charge is 2.00. The van der Waals surface area contributed by atoms with Gasteiger partial charge in [0.05, 0.1) is 6.54 Å². The van der Waals surface area contributed by atoms with E-state index in [0.717, 1.165) is 4.47 Å². The maximum atomic E-state index is 12.7. The van der Waals surface area contributed by atoms with Gasteiger partial charge in [-0.15, -0.1) is 0 Å². The lowest BCUT2D eigenvalue weighted by Crippen LogP contribution is -2.22. The maximum Gasteiger partial charge on any atom is 0.186 e. The van der Waals surface area contributed by atoms with Crippen LogP contribution in [0.2, 0.25) is 0 Å². The fourth-order valence-electron chi connectivity index (χ4n) is 0.841. The summed E-state index contributed by atoms with van der Waals surface area (Å²) >= 11 is 3.26. The first kappa shape index (κ1) is 9.98. The van der Waals surface area contributed by atoms with Gasteiger partial charge in [0.1, 0.15) is 5.82 Å². The fourth-order valence-corrected chi connectivity index (χ4v) is 1.21. The molecule has 70 valence electrons. The second-order valence-corrected chi connectivity index (χ2v) is 3.33. The molecule has 0 heterocycles. The lowest BCUT2D eigenvalue weighted by atomic mass is 10.2. The van der Waals surface area contributed by atoms with Gasteiger partial charge in [0.2, 0.25) is 0 Å². The Morgan fingerprint density at radius 1 is 1.46 bits per heavy atom. The van der Waals surface area contributed by atoms with Gasteiger partial charge in [-0.3, -0.25) is 0 Å². The van der Waals surface area contributed by atoms with Gasteiger partial charge in [-0.05, 0) is 23.8 Å². The summed E-state index contributed by atoms with van der Waals surface area (Å²) in [5, 5.41) is 0. The van der Waals surface area contributed by atoms with Crippen molar-refractivity contribution < 1.29 is 4.39 Å². The molecular formula is C8H9BrFN3. The van der Waals surface area contributed by atoms with Crippen LogP contribution in [0, 0.1) is 5.82 Å². The van der Waals surface area contributed by atoms with Gasteiger partial charge in [-0.1, -0.05) is 15.9 Å². The van der Waals surface area contributed by atoms with E-state index in [9.17, 15) is 4.39 Å². The number of nitrogens with zero attached hydrogens (tertiary/aromatic N) is 1. The Bertz CT molecular complexity index is 334. The smallest absolute Gasteiger partial charge is 0.186 e. The predicted octanol–water partition coefficient (Wildman–Crippen LogP) is 1.36. The van der Waals surface area contributed by atoms with Crippen LogP contribution >= 0.6 is 15.9 Å². The van der Waals surface area contributed by atoms with Crippen molar-refractivity contribution in [2.24, 2.45) is 16.5 Å². The lowest BCUT2D eigenvalue weighted by Gasteiger charge is -2.00. The SMILES string of the molecule is NC(N)=NCc1cc(F)ccc1Br. The lowest BCUT2D eigenvalue weighted by molar-refractivity contribution is 0.625. The summed E-state index contributed by atoms with van der Waals surface area (Å²) < 4.78 is 13.5. The third kappa shape index (κ3) is 3.02. The minimum Gasteiger partial charge on any atom is -0.370 e. The second kappa shape index (κ2) is 4.23. The first-order chi connectivity index (χ1) is 6.09. The summed E-state index contributed by atoms with van der Waals surface area (Å²) in [5.41, 5.74) is 11.0. The average Bonchev–Trinajstić information content (AvgIpc) is 2.06. The first-order valence-electron chi connectivity index (χ1n) is 3.59. The Morgan fingerprint density at radius 2 is 2.15 bits per heavy atom. The van der Waals surface area contributed by atoms with E-state index < -0.39 is 0 Å². The zero-order valence-corrected chi connectivity index (χ0v) is 8.38. The number of rotatable bonds is 2. The van der Waals surface area contributed by atoms with Gasteiger partial charge in [-0.2, -0.15) is 0 Å². The Hall–Kier alpha value is -1.10. The van der Waals surface area contributed by atoms with Crippen molar-refractivity contribution in [1.29, 1.82) is 0 Å². The van der Waals surface area contributed by atoms with Crippen LogP contribution in [0.1, 0.15) is 5.56 Å². The van der Waals surface area contributed by atoms with E-state index in [-0.39, 0.29) is 18.3 Å². The molecule has 5 heteroatoms. The molecule has 1 aromatic carbocycles. The zero-order valence-electron chi connectivity index (χ0n) is 6.80. The monoisotopic (exact) mass is 245 g/mol. The van der Waals surface area contributed by atoms with Crippen molar-refractivity contribution in [2.75, 3.05) is 0 Å². The Morgan fingerprint density at radius 3 is 2.77 bits per heavy atom. The molecule has 0 saturated carbocycles. The van der Waals surface area contributed by atoms with Crippen molar-refractivity contribution in [3.63, 3.8) is 0 Å². The Kier molecular flexibility index (Phi) is 3.25. The molecule has 3 nitrogen and oxygen atoms in total. The molecule has 4 N–H and O–H groups in total. The predicted molar refractivity (Wildman–Crippen MR) is 53.6 cm³/mol. The van der Waals surface area contributed by atoms with E-state index in [2.05, 4.69) is 20.9 Å². The molecule has 0 fully saturated rings. The molecule has 0 spiro atoms. The summed E-state index contributed by atoms with van der Waals surface area (Å²) in [6, 6.07) is 4.37. The highest BCUT2D eigenvalue weighted by atomic mass is 79.9. The third-order valence-electron chi connectivity index (χ3n) is 1.44. The number of nitrogens with two attached hydrogens (primary N) is 2. The van der Waals surface area contributed by atoms with E-state index in [4.69, 9.17) is 11.5 Å². The highest BCUT2D eigenvalue weighted by Crippen LogP contribution is 2.18. The molecule has 0 saturated heterocycles. The van der Waals surface area contributed by atoms with E-state index in [1.165, 1.54) is 12.1 Å². The minimum absolute atomic E-state index is 0.00355. The summed E-state index contributed by atoms with van der Waals surface area (Å²) in [4.78, 5) is 3.77. The Labute approximate surface area is 83.8 Å². The second-order valence-electron chi connectivity index (χ2n) is 2.48. The van der Waals surface area contributed by atoms with Crippen LogP contribution in [0.3, 0.4) is 0 Å². The number of hydrogen-bond donors (Lipinski definition) is 2. The molecule has 0 unspecified atom stereocenters. The first-order valence-corrected chi connectivity index (χ1v) is 4.38. The van der Waals surface area contributed by atoms with E-state index >= 15 is 0 Å². The molecule has 0 radical (unpaired) electrons. The largest absolute Gasteiger partial charge is 0.370 e. The van der Waals surface area contributed by atoms with Gasteiger partial charge in [0, 0.05) is 4.47 Å². The van der Waals surface area contributed by atoms with E-state index in [0.29, 0.717) is 5.56 Å². The molecular weight excluding hydrogens is 237 g/mol. The van der Waals surface area contributed by atoms with Crippen LogP contribution < -0.4 is 11.5 Å². The summed E-state index contributed by atoms with van der Waals surface area (Å²) in [5.74, 6) is -0.305. The van der Waals surface area contributed by atoms with Crippen LogP contribution in [0.5, 0.6) is 0 Å². The van der Waals surface area contributed by atoms with Crippen LogP contribution in [0.4, 0.5) is 4.39 Å². The van der Waals surface area contributed by atoms with Gasteiger partial charge >= 0.3 is 0 Å². The summed E-state index contributed by atoms with van der Waals surface area (Å²) in [7, 11) is 0. The van der Waals surface area contributed by atoms with Crippen molar-refractivity contribution in [2.45, 2.75) is 6.54 Å². The summed E-state index contributed by atoms with van der Waals surface area (Å²) in [6.45, 7) is 0.278. The van der Waals surface area contributed by atoms with Gasteiger partial charge in [-0.25, -0.2) is 9.38 Å². The normalized spacial score (nSPS) is 9.69. The standard InChI is InChI=1S/C8H9BrFN3/c9-7-2-1-6(10)3-5(7)4-13-8(11)12/h1-3H,4H2,(H4,11,12,13). The third-order valence-corrected chi connectivity index (χ3v) is 2.21. The Balaban J connectivity index is 2.87. The number of aliphatic imine (C=N–C) groups is 1. The van der Waals surface area contributed by atoms with E-state index in [1.54, 1.807) is 6.07 Å². The molecule has 0 bridgehead atoms. The molecule has 0 aliphatic heterocycles. The molecule has 0 aromatic heterocycles. The van der Waals surface area contributed by atoms with Crippen LogP contribution in [0.15, 0.2) is 27.7 Å². The number of hydrogen-bond acceptors (Lipinski definition) is 1. The van der Waals surface area contributed by atoms with E-state index in [1.807, 2.05) is 0 Å². The van der Waals surface area contributed by atoms with Crippen LogP contribution in [-0.4, -0.2) is 5.96 Å². The van der Waals surface area contributed by atoms with Gasteiger partial charge < -0.3 is 11.5 Å². The average molecular weight is 246 g/mol. The van der Waals surface area contributed by atoms with Crippen molar-refractivity contribution in [3.8, 4) is 0 Å². The topological polar surface area (TPSA) is 64.4 Å². The van der Waals surface area contributed by atoms with Crippen molar-refractivity contribution in [3.05, 3.63) is 34.1 Å². The number of guanidine groups is 1. The molecule has 1 rings (SSSR count). The van der Waals surface area contributed by atoms with Crippen molar-refractivity contribution >= 4 is 21.9 Å². The molecule has 0 aliphatic carbocycles. The van der Waals surface area contributed by atoms with Gasteiger partial charge in [0.25, 0.3) is 0 Å². The minimum atomic E-state index is -0.302. The quantitative estimate of drug-likeness (QED) is 0.611. The van der Waals surface area contributed by atoms with Gasteiger partial charge in [0.15, 0.2) is 5.96 Å². The fraction of sp³-hybridized carbons (Fsp3) is 0.125. The van der Waals surface area contributed by atoms with Crippen LogP contribution in [-0.2, 0) is 6.54 Å². The molecule has 1 aromatic rings. The molecule has 0 aliphatic rings. The number of halogens is 2. The summed E-state index contributed by atoms with van der Waals surface area (Å²) in [6.07, 6.45) is 0. The maximum absolute atomic E-state index is 12.7. The number of benzene rings is 1. The molecule has 0 atom stereocenters. The van der Waals surface area contributed by atoms with Crippen LogP contribution in [0.25, 0.3) is 0 Å².